The molecule has 1 aliphatic heterocycles. The maximum atomic E-state index is 12.6. The maximum Gasteiger partial charge on any atom is 0.283 e. The van der Waals surface area contributed by atoms with Gasteiger partial charge < -0.3 is 0 Å². The van der Waals surface area contributed by atoms with Crippen molar-refractivity contribution in [2.24, 2.45) is 0 Å². The van der Waals surface area contributed by atoms with Crippen molar-refractivity contribution in [3.05, 3.63) is 64.2 Å². The summed E-state index contributed by atoms with van der Waals surface area (Å²) in [5, 5.41) is 10.8. The lowest BCUT2D eigenvalue weighted by molar-refractivity contribution is -0.385. The van der Waals surface area contributed by atoms with E-state index in [2.05, 4.69) is 0 Å². The number of carbonyl (C=O) groups excluding carboxylic acids is 1. The van der Waals surface area contributed by atoms with Gasteiger partial charge in [-0.15, -0.1) is 3.71 Å². The van der Waals surface area contributed by atoms with Gasteiger partial charge >= 0.3 is 0 Å². The third kappa shape index (κ3) is 2.17. The molecule has 124 valence electrons. The van der Waals surface area contributed by atoms with E-state index in [0.29, 0.717) is 6.07 Å². The van der Waals surface area contributed by atoms with Gasteiger partial charge in [-0.3, -0.25) is 14.9 Å². The first-order valence-electron chi connectivity index (χ1n) is 6.36. The minimum atomic E-state index is -4.83. The molecule has 1 aliphatic rings. The van der Waals surface area contributed by atoms with Crippen LogP contribution >= 0.6 is 0 Å². The Kier molecular flexibility index (Phi) is 3.42. The summed E-state index contributed by atoms with van der Waals surface area (Å²) < 4.78 is 49.8. The van der Waals surface area contributed by atoms with Crippen molar-refractivity contribution in [3.8, 4) is 0 Å². The van der Waals surface area contributed by atoms with E-state index >= 15 is 0 Å². The SMILES string of the molecule is O=C1c2ccccc2S(=O)(=O)N1S(=O)(=O)c1cccc([N+](=O)[O-])c1. The molecule has 1 amide bonds. The van der Waals surface area contributed by atoms with Crippen LogP contribution < -0.4 is 0 Å². The zero-order chi connectivity index (χ0) is 17.7. The summed E-state index contributed by atoms with van der Waals surface area (Å²) in [6.07, 6.45) is 0. The predicted octanol–water partition coefficient (Wildman–Crippen LogP) is 1.13. The van der Waals surface area contributed by atoms with Crippen molar-refractivity contribution < 1.29 is 26.6 Å². The molecule has 0 aliphatic carbocycles. The number of nitro groups is 1. The van der Waals surface area contributed by atoms with Crippen LogP contribution in [0.1, 0.15) is 10.4 Å². The van der Waals surface area contributed by atoms with Crippen LogP contribution in [0.3, 0.4) is 0 Å². The smallest absolute Gasteiger partial charge is 0.267 e. The van der Waals surface area contributed by atoms with Crippen molar-refractivity contribution >= 4 is 31.6 Å². The van der Waals surface area contributed by atoms with Crippen molar-refractivity contribution in [2.75, 3.05) is 0 Å². The quantitative estimate of drug-likeness (QED) is 0.586. The van der Waals surface area contributed by atoms with Crippen LogP contribution in [0.5, 0.6) is 0 Å². The number of benzene rings is 2. The van der Waals surface area contributed by atoms with E-state index in [1.807, 2.05) is 0 Å². The van der Waals surface area contributed by atoms with E-state index < -0.39 is 46.4 Å². The lowest BCUT2D eigenvalue weighted by Gasteiger charge is -2.15. The van der Waals surface area contributed by atoms with Crippen molar-refractivity contribution in [1.29, 1.82) is 0 Å². The highest BCUT2D eigenvalue weighted by atomic mass is 32.3. The average molecular weight is 368 g/mol. The Morgan fingerprint density at radius 3 is 2.33 bits per heavy atom. The number of fused-ring (bicyclic) bond motifs is 1. The molecular formula is C13H8N2O7S2. The standard InChI is InChI=1S/C13H8N2O7S2/c16-13-11-6-1-2-7-12(11)24(21,22)15(13)23(19,20)10-5-3-4-9(8-10)14(17)18/h1-8H. The lowest BCUT2D eigenvalue weighted by atomic mass is 10.2. The van der Waals surface area contributed by atoms with Gasteiger partial charge in [0.15, 0.2) is 0 Å². The molecule has 11 heteroatoms. The Morgan fingerprint density at radius 2 is 1.71 bits per heavy atom. The monoisotopic (exact) mass is 368 g/mol. The van der Waals surface area contributed by atoms with Crippen LogP contribution in [0.25, 0.3) is 0 Å². The average Bonchev–Trinajstić information content (AvgIpc) is 2.75. The summed E-state index contributed by atoms with van der Waals surface area (Å²) in [4.78, 5) is 21.2. The van der Waals surface area contributed by atoms with Crippen LogP contribution in [-0.2, 0) is 20.0 Å². The number of hydrogen-bond donors (Lipinski definition) is 0. The summed E-state index contributed by atoms with van der Waals surface area (Å²) in [6.45, 7) is 0. The van der Waals surface area contributed by atoms with E-state index in [-0.39, 0.29) is 9.27 Å². The third-order valence-corrected chi connectivity index (χ3v) is 7.47. The molecular weight excluding hydrogens is 360 g/mol. The van der Waals surface area contributed by atoms with Gasteiger partial charge in [0.25, 0.3) is 31.6 Å². The minimum absolute atomic E-state index is 0.232. The number of non-ortho nitro benzene ring substituents is 1. The van der Waals surface area contributed by atoms with E-state index in [0.717, 1.165) is 24.3 Å². The number of sulfonamides is 2. The molecule has 0 radical (unpaired) electrons. The highest BCUT2D eigenvalue weighted by Gasteiger charge is 2.49. The predicted molar refractivity (Wildman–Crippen MR) is 80.1 cm³/mol. The van der Waals surface area contributed by atoms with Crippen molar-refractivity contribution in [1.82, 2.24) is 3.71 Å². The van der Waals surface area contributed by atoms with Gasteiger partial charge in [0.05, 0.1) is 15.4 Å². The molecule has 0 N–H and O–H groups in total. The van der Waals surface area contributed by atoms with Crippen LogP contribution in [0, 0.1) is 10.1 Å². The highest BCUT2D eigenvalue weighted by Crippen LogP contribution is 2.35. The molecule has 0 atom stereocenters. The Hall–Kier alpha value is -2.79. The van der Waals surface area contributed by atoms with Gasteiger partial charge in [-0.1, -0.05) is 18.2 Å². The molecule has 1 heterocycles. The van der Waals surface area contributed by atoms with Gasteiger partial charge in [0, 0.05) is 12.1 Å². The fourth-order valence-electron chi connectivity index (χ4n) is 2.26. The van der Waals surface area contributed by atoms with E-state index in [1.54, 1.807) is 0 Å². The van der Waals surface area contributed by atoms with Crippen LogP contribution in [0.4, 0.5) is 5.69 Å². The summed E-state index contributed by atoms with van der Waals surface area (Å²) in [7, 11) is -9.44. The Balaban J connectivity index is 2.21. The highest BCUT2D eigenvalue weighted by molar-refractivity contribution is 8.05. The topological polar surface area (TPSA) is 132 Å². The molecule has 9 nitrogen and oxygen atoms in total. The zero-order valence-corrected chi connectivity index (χ0v) is 13.3. The summed E-state index contributed by atoms with van der Waals surface area (Å²) >= 11 is 0. The van der Waals surface area contributed by atoms with Crippen LogP contribution in [0.2, 0.25) is 0 Å². The molecule has 3 rings (SSSR count). The van der Waals surface area contributed by atoms with Crippen molar-refractivity contribution in [3.63, 3.8) is 0 Å². The first-order chi connectivity index (χ1) is 11.2. The van der Waals surface area contributed by atoms with Crippen LogP contribution in [-0.4, -0.2) is 31.4 Å². The summed E-state index contributed by atoms with van der Waals surface area (Å²) in [6, 6.07) is 8.88. The normalized spacial score (nSPS) is 16.0. The summed E-state index contributed by atoms with van der Waals surface area (Å²) in [5.74, 6) is -1.22. The van der Waals surface area contributed by atoms with Gasteiger partial charge in [-0.2, -0.15) is 16.8 Å². The molecule has 2 aromatic carbocycles. The molecule has 0 aromatic heterocycles. The minimum Gasteiger partial charge on any atom is -0.267 e. The Labute approximate surface area is 136 Å². The van der Waals surface area contributed by atoms with Crippen molar-refractivity contribution in [2.45, 2.75) is 9.79 Å². The molecule has 0 bridgehead atoms. The third-order valence-electron chi connectivity index (χ3n) is 3.32. The second-order valence-electron chi connectivity index (χ2n) is 4.76. The number of hydrogen-bond acceptors (Lipinski definition) is 7. The Morgan fingerprint density at radius 1 is 1.04 bits per heavy atom. The van der Waals surface area contributed by atoms with Gasteiger partial charge in [-0.05, 0) is 18.2 Å². The lowest BCUT2D eigenvalue weighted by Crippen LogP contribution is -2.36. The number of carbonyl (C=O) groups is 1. The fraction of sp³-hybridized carbons (Fsp3) is 0. The zero-order valence-electron chi connectivity index (χ0n) is 11.7. The number of rotatable bonds is 3. The van der Waals surface area contributed by atoms with E-state index in [1.165, 1.54) is 18.2 Å². The molecule has 24 heavy (non-hydrogen) atoms. The number of nitro benzene ring substituents is 1. The summed E-state index contributed by atoms with van der Waals surface area (Å²) in [5.41, 5.74) is -0.816. The van der Waals surface area contributed by atoms with Gasteiger partial charge in [0.1, 0.15) is 4.90 Å². The molecule has 0 fully saturated rings. The molecule has 0 unspecified atom stereocenters. The number of nitrogens with zero attached hydrogens (tertiary/aromatic N) is 2. The van der Waals surface area contributed by atoms with Gasteiger partial charge in [-0.25, -0.2) is 0 Å². The number of amides is 1. The molecule has 2 aromatic rings. The first kappa shape index (κ1) is 16.1. The molecule has 0 saturated carbocycles. The van der Waals surface area contributed by atoms with E-state index in [4.69, 9.17) is 0 Å². The Bertz CT molecular complexity index is 1090. The van der Waals surface area contributed by atoms with Gasteiger partial charge in [0.2, 0.25) is 0 Å². The van der Waals surface area contributed by atoms with Crippen LogP contribution in [0.15, 0.2) is 58.3 Å². The first-order valence-corrected chi connectivity index (χ1v) is 9.24. The maximum absolute atomic E-state index is 12.6. The second kappa shape index (κ2) is 5.11. The largest absolute Gasteiger partial charge is 0.283 e. The molecule has 0 saturated heterocycles. The second-order valence-corrected chi connectivity index (χ2v) is 8.54. The van der Waals surface area contributed by atoms with E-state index in [9.17, 15) is 31.7 Å². The fourth-order valence-corrected chi connectivity index (χ4v) is 6.00. The molecule has 0 spiro atoms.